The molecule has 0 unspecified atom stereocenters. The summed E-state index contributed by atoms with van der Waals surface area (Å²) in [5, 5.41) is 3.62. The molecule has 0 fully saturated rings. The van der Waals surface area contributed by atoms with Gasteiger partial charge in [-0.25, -0.2) is 0 Å². The maximum absolute atomic E-state index is 12.8. The molecule has 0 aliphatic heterocycles. The van der Waals surface area contributed by atoms with Crippen molar-refractivity contribution in [3.8, 4) is 0 Å². The highest BCUT2D eigenvalue weighted by atomic mass is 35.5. The summed E-state index contributed by atoms with van der Waals surface area (Å²) in [7, 11) is 0. The molecular formula is C22H18ClNO. The largest absolute Gasteiger partial charge is 0.348 e. The molecule has 0 saturated carbocycles. The Balaban J connectivity index is 1.85. The predicted molar refractivity (Wildman–Crippen MR) is 104 cm³/mol. The summed E-state index contributed by atoms with van der Waals surface area (Å²) in [5.41, 5.74) is 3.38. The van der Waals surface area contributed by atoms with E-state index in [9.17, 15) is 4.79 Å². The lowest BCUT2D eigenvalue weighted by Crippen LogP contribution is -2.24. The van der Waals surface area contributed by atoms with Crippen molar-refractivity contribution in [1.29, 1.82) is 0 Å². The highest BCUT2D eigenvalue weighted by molar-refractivity contribution is 6.31. The molecule has 0 aliphatic carbocycles. The van der Waals surface area contributed by atoms with Gasteiger partial charge in [0.2, 0.25) is 0 Å². The first-order valence-electron chi connectivity index (χ1n) is 8.08. The first-order valence-corrected chi connectivity index (χ1v) is 8.45. The molecule has 124 valence electrons. The quantitative estimate of drug-likeness (QED) is 0.499. The van der Waals surface area contributed by atoms with Crippen LogP contribution in [-0.2, 0) is 11.3 Å². The van der Waals surface area contributed by atoms with Crippen LogP contribution >= 0.6 is 11.6 Å². The van der Waals surface area contributed by atoms with Gasteiger partial charge in [-0.05, 0) is 28.8 Å². The van der Waals surface area contributed by atoms with Gasteiger partial charge in [0.1, 0.15) is 0 Å². The van der Waals surface area contributed by atoms with Gasteiger partial charge in [0.15, 0.2) is 0 Å². The number of carbonyl (C=O) groups excluding carboxylic acids is 1. The minimum Gasteiger partial charge on any atom is -0.348 e. The van der Waals surface area contributed by atoms with Gasteiger partial charge >= 0.3 is 0 Å². The van der Waals surface area contributed by atoms with E-state index in [0.29, 0.717) is 17.1 Å². The molecule has 0 heterocycles. The third kappa shape index (κ3) is 4.59. The van der Waals surface area contributed by atoms with Gasteiger partial charge in [0.05, 0.1) is 0 Å². The summed E-state index contributed by atoms with van der Waals surface area (Å²) in [6.07, 6.45) is 1.90. The molecule has 0 radical (unpaired) electrons. The van der Waals surface area contributed by atoms with Gasteiger partial charge in [-0.2, -0.15) is 0 Å². The summed E-state index contributed by atoms with van der Waals surface area (Å²) in [6, 6.07) is 27.0. The first kappa shape index (κ1) is 17.0. The lowest BCUT2D eigenvalue weighted by molar-refractivity contribution is -0.115. The van der Waals surface area contributed by atoms with Crippen LogP contribution in [0.5, 0.6) is 0 Å². The van der Waals surface area contributed by atoms with Crippen molar-refractivity contribution in [2.75, 3.05) is 0 Å². The zero-order chi connectivity index (χ0) is 17.5. The molecule has 0 aromatic heterocycles. The fourth-order valence-corrected chi connectivity index (χ4v) is 2.73. The molecular weight excluding hydrogens is 330 g/mol. The van der Waals surface area contributed by atoms with E-state index in [2.05, 4.69) is 5.32 Å². The van der Waals surface area contributed by atoms with E-state index in [1.165, 1.54) is 0 Å². The van der Waals surface area contributed by atoms with Crippen LogP contribution in [0.25, 0.3) is 11.6 Å². The molecule has 3 heteroatoms. The van der Waals surface area contributed by atoms with Gasteiger partial charge < -0.3 is 5.32 Å². The van der Waals surface area contributed by atoms with Crippen molar-refractivity contribution in [3.63, 3.8) is 0 Å². The van der Waals surface area contributed by atoms with E-state index in [1.54, 1.807) is 0 Å². The second kappa shape index (κ2) is 8.32. The number of hydrogen-bond donors (Lipinski definition) is 1. The molecule has 0 saturated heterocycles. The molecule has 3 rings (SSSR count). The Kier molecular flexibility index (Phi) is 5.65. The lowest BCUT2D eigenvalue weighted by atomic mass is 10.0. The molecule has 1 N–H and O–H groups in total. The van der Waals surface area contributed by atoms with Gasteiger partial charge in [0.25, 0.3) is 5.91 Å². The second-order valence-corrected chi connectivity index (χ2v) is 6.02. The van der Waals surface area contributed by atoms with Crippen LogP contribution in [0.2, 0.25) is 5.02 Å². The van der Waals surface area contributed by atoms with Crippen LogP contribution in [0.1, 0.15) is 16.7 Å². The number of rotatable bonds is 5. The second-order valence-electron chi connectivity index (χ2n) is 5.61. The third-order valence-electron chi connectivity index (χ3n) is 3.84. The molecule has 0 atom stereocenters. The number of carbonyl (C=O) groups is 1. The van der Waals surface area contributed by atoms with Crippen LogP contribution in [0.3, 0.4) is 0 Å². The van der Waals surface area contributed by atoms with Gasteiger partial charge in [-0.3, -0.25) is 4.79 Å². The van der Waals surface area contributed by atoms with E-state index >= 15 is 0 Å². The number of halogens is 1. The van der Waals surface area contributed by atoms with E-state index < -0.39 is 0 Å². The van der Waals surface area contributed by atoms with Gasteiger partial charge in [-0.1, -0.05) is 90.5 Å². The SMILES string of the molecule is O=C(NCc1ccccc1Cl)/C(=C\c1ccccc1)c1ccccc1. The highest BCUT2D eigenvalue weighted by Gasteiger charge is 2.12. The summed E-state index contributed by atoms with van der Waals surface area (Å²) < 4.78 is 0. The Morgan fingerprint density at radius 3 is 2.12 bits per heavy atom. The first-order chi connectivity index (χ1) is 12.2. The number of hydrogen-bond acceptors (Lipinski definition) is 1. The van der Waals surface area contributed by atoms with Gasteiger partial charge in [-0.15, -0.1) is 0 Å². The Hall–Kier alpha value is -2.84. The fourth-order valence-electron chi connectivity index (χ4n) is 2.53. The molecule has 0 aliphatic rings. The minimum absolute atomic E-state index is 0.130. The van der Waals surface area contributed by atoms with Crippen LogP contribution in [-0.4, -0.2) is 5.91 Å². The van der Waals surface area contributed by atoms with Gasteiger partial charge in [0, 0.05) is 17.1 Å². The number of benzene rings is 3. The average Bonchev–Trinajstić information content (AvgIpc) is 2.67. The Morgan fingerprint density at radius 1 is 0.840 bits per heavy atom. The maximum atomic E-state index is 12.8. The maximum Gasteiger partial charge on any atom is 0.252 e. The van der Waals surface area contributed by atoms with E-state index in [4.69, 9.17) is 11.6 Å². The number of nitrogens with one attached hydrogen (secondary N) is 1. The van der Waals surface area contributed by atoms with Crippen LogP contribution < -0.4 is 5.32 Å². The Morgan fingerprint density at radius 2 is 1.44 bits per heavy atom. The van der Waals surface area contributed by atoms with Crippen molar-refractivity contribution in [2.24, 2.45) is 0 Å². The molecule has 0 spiro atoms. The summed E-state index contributed by atoms with van der Waals surface area (Å²) in [5.74, 6) is -0.130. The molecule has 3 aromatic carbocycles. The van der Waals surface area contributed by atoms with Crippen LogP contribution in [0, 0.1) is 0 Å². The van der Waals surface area contributed by atoms with Crippen molar-refractivity contribution in [2.45, 2.75) is 6.54 Å². The van der Waals surface area contributed by atoms with Crippen molar-refractivity contribution < 1.29 is 4.79 Å². The highest BCUT2D eigenvalue weighted by Crippen LogP contribution is 2.20. The minimum atomic E-state index is -0.130. The predicted octanol–water partition coefficient (Wildman–Crippen LogP) is 5.20. The van der Waals surface area contributed by atoms with Crippen molar-refractivity contribution in [1.82, 2.24) is 5.32 Å². The Bertz CT molecular complexity index is 873. The summed E-state index contributed by atoms with van der Waals surface area (Å²) in [6.45, 7) is 0.386. The molecule has 0 bridgehead atoms. The fraction of sp³-hybridized carbons (Fsp3) is 0.0455. The molecule has 2 nitrogen and oxygen atoms in total. The van der Waals surface area contributed by atoms with E-state index in [-0.39, 0.29) is 5.91 Å². The standard InChI is InChI=1S/C22H18ClNO/c23-21-14-8-7-13-19(21)16-24-22(25)20(18-11-5-2-6-12-18)15-17-9-3-1-4-10-17/h1-15H,16H2,(H,24,25)/b20-15-. The summed E-state index contributed by atoms with van der Waals surface area (Å²) in [4.78, 5) is 12.8. The summed E-state index contributed by atoms with van der Waals surface area (Å²) >= 11 is 6.17. The van der Waals surface area contributed by atoms with Crippen molar-refractivity contribution in [3.05, 3.63) is 107 Å². The normalized spacial score (nSPS) is 11.2. The zero-order valence-corrected chi connectivity index (χ0v) is 14.4. The Labute approximate surface area is 152 Å². The third-order valence-corrected chi connectivity index (χ3v) is 4.21. The van der Waals surface area contributed by atoms with Crippen LogP contribution in [0.15, 0.2) is 84.9 Å². The van der Waals surface area contributed by atoms with E-state index in [0.717, 1.165) is 16.7 Å². The zero-order valence-electron chi connectivity index (χ0n) is 13.7. The molecule has 3 aromatic rings. The number of amides is 1. The molecule has 25 heavy (non-hydrogen) atoms. The monoisotopic (exact) mass is 347 g/mol. The average molecular weight is 348 g/mol. The van der Waals surface area contributed by atoms with Crippen molar-refractivity contribution >= 4 is 29.2 Å². The molecule has 1 amide bonds. The smallest absolute Gasteiger partial charge is 0.252 e. The van der Waals surface area contributed by atoms with Crippen LogP contribution in [0.4, 0.5) is 0 Å². The lowest BCUT2D eigenvalue weighted by Gasteiger charge is -2.11. The van der Waals surface area contributed by atoms with E-state index in [1.807, 2.05) is 91.0 Å². The topological polar surface area (TPSA) is 29.1 Å².